The minimum absolute atomic E-state index is 0.0350. The van der Waals surface area contributed by atoms with Crippen molar-refractivity contribution in [3.63, 3.8) is 0 Å². The van der Waals surface area contributed by atoms with Crippen LogP contribution in [0.2, 0.25) is 0 Å². The quantitative estimate of drug-likeness (QED) is 0.0770. The van der Waals surface area contributed by atoms with Gasteiger partial charge in [0.2, 0.25) is 23.7 Å². The fourth-order valence-corrected chi connectivity index (χ4v) is 7.13. The van der Waals surface area contributed by atoms with E-state index in [4.69, 9.17) is 30.7 Å². The van der Waals surface area contributed by atoms with Crippen molar-refractivity contribution in [2.75, 3.05) is 23.8 Å². The maximum atomic E-state index is 14.0. The Bertz CT molecular complexity index is 2580. The average Bonchev–Trinajstić information content (AvgIpc) is 3.99. The molecule has 8 N–H and O–H groups in total. The van der Waals surface area contributed by atoms with E-state index in [9.17, 15) is 24.3 Å². The lowest BCUT2D eigenvalue weighted by atomic mass is 10.1. The van der Waals surface area contributed by atoms with E-state index in [0.717, 1.165) is 6.42 Å². The summed E-state index contributed by atoms with van der Waals surface area (Å²) < 4.78 is 24.3. The topological polar surface area (TPSA) is 274 Å². The molecule has 5 heterocycles. The lowest BCUT2D eigenvalue weighted by molar-refractivity contribution is -0.148. The number of nitrogens with two attached hydrogens (primary N) is 2. The molecule has 1 aliphatic heterocycles. The van der Waals surface area contributed by atoms with E-state index in [-0.39, 0.29) is 60.8 Å². The highest BCUT2D eigenvalue weighted by Gasteiger charge is 2.43. The first-order chi connectivity index (χ1) is 28.1. The lowest BCUT2D eigenvalue weighted by Gasteiger charge is -2.21. The number of hydrogen-bond acceptors (Lipinski definition) is 12. The van der Waals surface area contributed by atoms with Crippen molar-refractivity contribution < 1.29 is 38.5 Å². The van der Waals surface area contributed by atoms with Crippen molar-refractivity contribution in [3.05, 3.63) is 76.4 Å². The maximum absolute atomic E-state index is 14.0. The van der Waals surface area contributed by atoms with Crippen LogP contribution in [0.4, 0.5) is 11.9 Å². The minimum Gasteiger partial charge on any atom is -0.491 e. The molecule has 20 nitrogen and oxygen atoms in total. The molecule has 59 heavy (non-hydrogen) atoms. The number of carbonyl (C=O) groups is 4. The number of rotatable bonds is 16. The predicted molar refractivity (Wildman–Crippen MR) is 214 cm³/mol. The lowest BCUT2D eigenvalue weighted by Crippen LogP contribution is -2.33. The number of ether oxygens (including phenoxy) is 3. The number of H-pyrrole nitrogens is 1. The number of aromatic nitrogens is 8. The summed E-state index contributed by atoms with van der Waals surface area (Å²) in [6, 6.07) is 11.1. The van der Waals surface area contributed by atoms with Gasteiger partial charge >= 0.3 is 0 Å². The third-order valence-electron chi connectivity index (χ3n) is 9.67. The molecule has 1 aliphatic rings. The highest BCUT2D eigenvalue weighted by Crippen LogP contribution is 2.36. The molecule has 2 aromatic carbocycles. The number of anilines is 2. The van der Waals surface area contributed by atoms with Crippen LogP contribution in [-0.4, -0.2) is 99.0 Å². The second kappa shape index (κ2) is 16.3. The highest BCUT2D eigenvalue weighted by atomic mass is 16.8. The number of fused-ring (bicyclic) bond motifs is 2. The van der Waals surface area contributed by atoms with Gasteiger partial charge in [-0.15, -0.1) is 0 Å². The van der Waals surface area contributed by atoms with Crippen molar-refractivity contribution in [3.8, 4) is 5.75 Å². The van der Waals surface area contributed by atoms with Crippen molar-refractivity contribution in [2.24, 2.45) is 11.5 Å². The van der Waals surface area contributed by atoms with Crippen molar-refractivity contribution in [1.82, 2.24) is 39.1 Å². The average molecular weight is 811 g/mol. The number of nitrogens with zero attached hydrogens (tertiary/aromatic N) is 7. The molecule has 6 aromatic rings. The van der Waals surface area contributed by atoms with Crippen LogP contribution in [0.3, 0.4) is 0 Å². The molecule has 0 bridgehead atoms. The SMILES string of the molecule is CCCn1nc(C)cc1C(=O)Nc1nc2cc(C(N)=O)cc(OCCCO)c2n1C[C@H]1OC(C)(C)O[C@@H]1Cn1c(NC(=O)c2cc(C)n[nH]2)nc2cc(C(N)=O)ccc21. The van der Waals surface area contributed by atoms with E-state index < -0.39 is 41.6 Å². The van der Waals surface area contributed by atoms with Crippen LogP contribution < -0.4 is 26.8 Å². The Kier molecular flexibility index (Phi) is 11.2. The van der Waals surface area contributed by atoms with Crippen LogP contribution in [0, 0.1) is 13.8 Å². The first kappa shape index (κ1) is 40.6. The Morgan fingerprint density at radius 3 is 2.20 bits per heavy atom. The van der Waals surface area contributed by atoms with Crippen LogP contribution >= 0.6 is 0 Å². The van der Waals surface area contributed by atoms with E-state index in [1.807, 2.05) is 6.92 Å². The second-order valence-electron chi connectivity index (χ2n) is 14.7. The fraction of sp³-hybridized carbons (Fsp3) is 0.385. The van der Waals surface area contributed by atoms with Gasteiger partial charge in [0, 0.05) is 30.7 Å². The molecule has 310 valence electrons. The monoisotopic (exact) mass is 810 g/mol. The van der Waals surface area contributed by atoms with E-state index in [1.54, 1.807) is 65.8 Å². The van der Waals surface area contributed by atoms with E-state index in [0.29, 0.717) is 52.1 Å². The molecule has 4 aromatic heterocycles. The number of aromatic amines is 1. The number of carbonyl (C=O) groups excluding carboxylic acids is 4. The predicted octanol–water partition coefficient (Wildman–Crippen LogP) is 3.02. The van der Waals surface area contributed by atoms with Crippen LogP contribution in [0.1, 0.15) is 86.7 Å². The Labute approximate surface area is 337 Å². The van der Waals surface area contributed by atoms with Gasteiger partial charge in [-0.25, -0.2) is 9.97 Å². The van der Waals surface area contributed by atoms with Gasteiger partial charge in [-0.3, -0.25) is 39.6 Å². The van der Waals surface area contributed by atoms with Crippen molar-refractivity contribution in [1.29, 1.82) is 0 Å². The van der Waals surface area contributed by atoms with Gasteiger partial charge in [0.05, 0.1) is 47.6 Å². The van der Waals surface area contributed by atoms with Gasteiger partial charge in [-0.05, 0) is 76.6 Å². The summed E-state index contributed by atoms with van der Waals surface area (Å²) in [5, 5.41) is 26.6. The molecule has 0 unspecified atom stereocenters. The zero-order valence-corrected chi connectivity index (χ0v) is 33.2. The number of amides is 4. The highest BCUT2D eigenvalue weighted by molar-refractivity contribution is 6.05. The van der Waals surface area contributed by atoms with Gasteiger partial charge in [-0.2, -0.15) is 10.2 Å². The molecule has 2 atom stereocenters. The molecule has 20 heteroatoms. The number of benzene rings is 2. The van der Waals surface area contributed by atoms with Crippen LogP contribution in [0.25, 0.3) is 22.1 Å². The summed E-state index contributed by atoms with van der Waals surface area (Å²) in [5.74, 6) is -2.92. The molecule has 0 aliphatic carbocycles. The van der Waals surface area contributed by atoms with Gasteiger partial charge in [0.15, 0.2) is 5.79 Å². The summed E-state index contributed by atoms with van der Waals surface area (Å²) in [5.41, 5.74) is 15.2. The molecule has 0 radical (unpaired) electrons. The van der Waals surface area contributed by atoms with E-state index in [1.165, 1.54) is 18.2 Å². The standard InChI is InChI=1S/C39H46N12O8/c1-6-10-51-28(14-21(3)48-51)36(56)45-38-43-25-16-23(34(41)54)17-29(57-12-7-11-52)32(25)50(38)19-31-30(58-39(4,5)59-31)18-49-27-9-8-22(33(40)53)15-24(27)42-37(49)44-35(55)26-13-20(2)46-47-26/h8-9,13-17,30-31,52H,6-7,10-12,18-19H2,1-5H3,(H2,40,53)(H2,41,54)(H,46,47)(H,42,44,55)(H,43,45,56)/t30-,31-/m1/s1. The number of hydrogen-bond donors (Lipinski definition) is 6. The largest absolute Gasteiger partial charge is 0.491 e. The molecular weight excluding hydrogens is 765 g/mol. The summed E-state index contributed by atoms with van der Waals surface area (Å²) in [4.78, 5) is 61.3. The van der Waals surface area contributed by atoms with Crippen molar-refractivity contribution >= 4 is 57.6 Å². The molecule has 0 saturated carbocycles. The molecule has 1 saturated heterocycles. The minimum atomic E-state index is -1.11. The Balaban J connectivity index is 1.31. The number of aryl methyl sites for hydroxylation is 3. The molecule has 1 fully saturated rings. The van der Waals surface area contributed by atoms with Crippen LogP contribution in [0.15, 0.2) is 42.5 Å². The smallest absolute Gasteiger partial charge is 0.276 e. The Morgan fingerprint density at radius 2 is 1.54 bits per heavy atom. The summed E-state index contributed by atoms with van der Waals surface area (Å²) in [6.07, 6.45) is -0.419. The Hall–Kier alpha value is -6.64. The molecule has 7 rings (SSSR count). The van der Waals surface area contributed by atoms with E-state index in [2.05, 4.69) is 30.9 Å². The summed E-state index contributed by atoms with van der Waals surface area (Å²) >= 11 is 0. The molecule has 0 spiro atoms. The number of nitrogens with one attached hydrogen (secondary N) is 3. The molecule has 4 amide bonds. The van der Waals surface area contributed by atoms with E-state index >= 15 is 0 Å². The van der Waals surface area contributed by atoms with Gasteiger partial charge in [0.25, 0.3) is 11.8 Å². The number of primary amides is 2. The summed E-state index contributed by atoms with van der Waals surface area (Å²) in [6.45, 7) is 9.67. The van der Waals surface area contributed by atoms with Crippen molar-refractivity contribution in [2.45, 2.75) is 85.1 Å². The number of aliphatic hydroxyl groups is 1. The van der Waals surface area contributed by atoms with Crippen LogP contribution in [0.5, 0.6) is 5.75 Å². The number of imidazole rings is 2. The normalized spacial score (nSPS) is 16.2. The number of aliphatic hydroxyl groups excluding tert-OH is 1. The second-order valence-corrected chi connectivity index (χ2v) is 14.7. The third kappa shape index (κ3) is 8.50. The summed E-state index contributed by atoms with van der Waals surface area (Å²) in [7, 11) is 0. The van der Waals surface area contributed by atoms with Gasteiger partial charge in [0.1, 0.15) is 34.9 Å². The zero-order chi connectivity index (χ0) is 42.2. The van der Waals surface area contributed by atoms with Crippen LogP contribution in [-0.2, 0) is 29.1 Å². The molecular formula is C39H46N12O8. The van der Waals surface area contributed by atoms with Gasteiger partial charge in [-0.1, -0.05) is 6.92 Å². The zero-order valence-electron chi connectivity index (χ0n) is 33.2. The fourth-order valence-electron chi connectivity index (χ4n) is 7.13. The maximum Gasteiger partial charge on any atom is 0.276 e. The first-order valence-electron chi connectivity index (χ1n) is 19.1. The first-order valence-corrected chi connectivity index (χ1v) is 19.1. The van der Waals surface area contributed by atoms with Gasteiger partial charge < -0.3 is 39.9 Å². The Morgan fingerprint density at radius 1 is 0.881 bits per heavy atom. The third-order valence-corrected chi connectivity index (χ3v) is 9.67.